The highest BCUT2D eigenvalue weighted by Crippen LogP contribution is 2.25. The van der Waals surface area contributed by atoms with Crippen molar-refractivity contribution >= 4 is 5.91 Å². The van der Waals surface area contributed by atoms with Gasteiger partial charge in [-0.05, 0) is 51.0 Å². The number of hydrogen-bond donors (Lipinski definition) is 2. The van der Waals surface area contributed by atoms with Gasteiger partial charge in [0, 0.05) is 19.0 Å². The van der Waals surface area contributed by atoms with Crippen molar-refractivity contribution in [1.82, 2.24) is 10.6 Å². The van der Waals surface area contributed by atoms with Crippen LogP contribution >= 0.6 is 0 Å². The smallest absolute Gasteiger partial charge is 0.220 e. The summed E-state index contributed by atoms with van der Waals surface area (Å²) in [5.74, 6) is 1.56. The molecular formula is C16H30N2O. The van der Waals surface area contributed by atoms with E-state index in [4.69, 9.17) is 0 Å². The molecule has 0 spiro atoms. The molecule has 19 heavy (non-hydrogen) atoms. The van der Waals surface area contributed by atoms with E-state index in [0.29, 0.717) is 17.9 Å². The van der Waals surface area contributed by atoms with E-state index in [1.54, 1.807) is 0 Å². The van der Waals surface area contributed by atoms with Crippen molar-refractivity contribution in [2.24, 2.45) is 11.8 Å². The van der Waals surface area contributed by atoms with Gasteiger partial charge in [0.1, 0.15) is 0 Å². The highest BCUT2D eigenvalue weighted by molar-refractivity contribution is 5.76. The van der Waals surface area contributed by atoms with Gasteiger partial charge in [-0.25, -0.2) is 0 Å². The lowest BCUT2D eigenvalue weighted by molar-refractivity contribution is -0.122. The molecule has 3 nitrogen and oxygen atoms in total. The van der Waals surface area contributed by atoms with Gasteiger partial charge in [0.2, 0.25) is 5.91 Å². The maximum Gasteiger partial charge on any atom is 0.220 e. The zero-order valence-corrected chi connectivity index (χ0v) is 12.4. The first-order chi connectivity index (χ1) is 9.24. The van der Waals surface area contributed by atoms with Gasteiger partial charge in [0.25, 0.3) is 0 Å². The number of carbonyl (C=O) groups excluding carboxylic acids is 1. The Morgan fingerprint density at radius 2 is 1.79 bits per heavy atom. The topological polar surface area (TPSA) is 41.1 Å². The third-order valence-electron chi connectivity index (χ3n) is 4.80. The van der Waals surface area contributed by atoms with Crippen molar-refractivity contribution in [1.29, 1.82) is 0 Å². The number of rotatable bonds is 4. The summed E-state index contributed by atoms with van der Waals surface area (Å²) in [6.07, 6.45) is 11.1. The van der Waals surface area contributed by atoms with Gasteiger partial charge < -0.3 is 10.6 Å². The van der Waals surface area contributed by atoms with Crippen molar-refractivity contribution in [3.05, 3.63) is 0 Å². The average molecular weight is 266 g/mol. The zero-order chi connectivity index (χ0) is 13.5. The minimum atomic E-state index is 0.283. The molecule has 0 bridgehead atoms. The molecule has 2 rings (SSSR count). The van der Waals surface area contributed by atoms with Crippen molar-refractivity contribution in [3.63, 3.8) is 0 Å². The fourth-order valence-corrected chi connectivity index (χ4v) is 3.39. The summed E-state index contributed by atoms with van der Waals surface area (Å²) in [6, 6.07) is 0.651. The molecule has 1 saturated carbocycles. The quantitative estimate of drug-likeness (QED) is 0.768. The molecule has 0 radical (unpaired) electrons. The number of amides is 1. The van der Waals surface area contributed by atoms with E-state index in [0.717, 1.165) is 19.5 Å². The molecule has 1 heterocycles. The van der Waals surface area contributed by atoms with Gasteiger partial charge in [-0.1, -0.05) is 25.7 Å². The van der Waals surface area contributed by atoms with Crippen LogP contribution in [0.5, 0.6) is 0 Å². The summed E-state index contributed by atoms with van der Waals surface area (Å²) >= 11 is 0. The highest BCUT2D eigenvalue weighted by Gasteiger charge is 2.19. The minimum absolute atomic E-state index is 0.283. The first kappa shape index (κ1) is 14.8. The number of carbonyl (C=O) groups is 1. The van der Waals surface area contributed by atoms with Gasteiger partial charge in [-0.2, -0.15) is 0 Å². The molecule has 2 aliphatic rings. The largest absolute Gasteiger partial charge is 0.356 e. The molecule has 110 valence electrons. The second-order valence-electron chi connectivity index (χ2n) is 6.62. The summed E-state index contributed by atoms with van der Waals surface area (Å²) in [4.78, 5) is 12.0. The minimum Gasteiger partial charge on any atom is -0.356 e. The molecule has 1 saturated heterocycles. The van der Waals surface area contributed by atoms with Crippen molar-refractivity contribution in [3.8, 4) is 0 Å². The second kappa shape index (κ2) is 7.88. The Labute approximate surface area is 117 Å². The van der Waals surface area contributed by atoms with Crippen LogP contribution in [0.3, 0.4) is 0 Å². The normalized spacial score (nSPS) is 29.7. The van der Waals surface area contributed by atoms with Crippen LogP contribution in [-0.2, 0) is 4.79 Å². The lowest BCUT2D eigenvalue weighted by atomic mass is 9.94. The zero-order valence-electron chi connectivity index (χ0n) is 12.4. The number of hydrogen-bond acceptors (Lipinski definition) is 2. The van der Waals surface area contributed by atoms with Crippen molar-refractivity contribution in [2.75, 3.05) is 13.1 Å². The Morgan fingerprint density at radius 1 is 1.05 bits per heavy atom. The Morgan fingerprint density at radius 3 is 2.42 bits per heavy atom. The first-order valence-electron chi connectivity index (χ1n) is 8.24. The Bertz CT molecular complexity index is 264. The van der Waals surface area contributed by atoms with Crippen LogP contribution in [0, 0.1) is 11.8 Å². The maximum absolute atomic E-state index is 12.0. The van der Waals surface area contributed by atoms with Crippen LogP contribution in [0.2, 0.25) is 0 Å². The third kappa shape index (κ3) is 5.52. The predicted octanol–water partition coefficient (Wildman–Crippen LogP) is 2.85. The van der Waals surface area contributed by atoms with Crippen LogP contribution in [0.1, 0.15) is 64.7 Å². The number of piperidine rings is 1. The van der Waals surface area contributed by atoms with Gasteiger partial charge in [0.05, 0.1) is 0 Å². The SMILES string of the molecule is CC1CCC(CNC(=O)CC2CCCCCC2)CN1. The third-order valence-corrected chi connectivity index (χ3v) is 4.80. The van der Waals surface area contributed by atoms with E-state index in [-0.39, 0.29) is 5.91 Å². The molecule has 2 fully saturated rings. The summed E-state index contributed by atoms with van der Waals surface area (Å²) in [6.45, 7) is 4.16. The van der Waals surface area contributed by atoms with Crippen molar-refractivity contribution in [2.45, 2.75) is 70.8 Å². The molecule has 2 atom stereocenters. The summed E-state index contributed by atoms with van der Waals surface area (Å²) in [5.41, 5.74) is 0. The monoisotopic (exact) mass is 266 g/mol. The van der Waals surface area contributed by atoms with Crippen LogP contribution in [0.4, 0.5) is 0 Å². The molecule has 0 aromatic carbocycles. The summed E-state index contributed by atoms with van der Waals surface area (Å²) in [7, 11) is 0. The molecular weight excluding hydrogens is 236 g/mol. The maximum atomic E-state index is 12.0. The average Bonchev–Trinajstić information content (AvgIpc) is 2.67. The molecule has 1 amide bonds. The fourth-order valence-electron chi connectivity index (χ4n) is 3.39. The van der Waals surface area contributed by atoms with Gasteiger partial charge in [0.15, 0.2) is 0 Å². The van der Waals surface area contributed by atoms with E-state index < -0.39 is 0 Å². The second-order valence-corrected chi connectivity index (χ2v) is 6.62. The molecule has 2 N–H and O–H groups in total. The number of nitrogens with one attached hydrogen (secondary N) is 2. The molecule has 0 aromatic heterocycles. The lowest BCUT2D eigenvalue weighted by Crippen LogP contribution is -2.42. The van der Waals surface area contributed by atoms with Crippen LogP contribution in [0.15, 0.2) is 0 Å². The van der Waals surface area contributed by atoms with Gasteiger partial charge >= 0.3 is 0 Å². The molecule has 1 aliphatic carbocycles. The van der Waals surface area contributed by atoms with E-state index in [1.807, 2.05) is 0 Å². The van der Waals surface area contributed by atoms with Crippen LogP contribution < -0.4 is 10.6 Å². The lowest BCUT2D eigenvalue weighted by Gasteiger charge is -2.27. The van der Waals surface area contributed by atoms with Gasteiger partial charge in [-0.3, -0.25) is 4.79 Å². The predicted molar refractivity (Wildman–Crippen MR) is 79.0 cm³/mol. The van der Waals surface area contributed by atoms with E-state index in [1.165, 1.54) is 51.4 Å². The summed E-state index contributed by atoms with van der Waals surface area (Å²) in [5, 5.41) is 6.65. The molecule has 1 aliphatic heterocycles. The molecule has 2 unspecified atom stereocenters. The Kier molecular flexibility index (Phi) is 6.15. The van der Waals surface area contributed by atoms with Gasteiger partial charge in [-0.15, -0.1) is 0 Å². The Hall–Kier alpha value is -0.570. The van der Waals surface area contributed by atoms with Crippen LogP contribution in [-0.4, -0.2) is 25.0 Å². The Balaban J connectivity index is 1.61. The summed E-state index contributed by atoms with van der Waals surface area (Å²) < 4.78 is 0. The van der Waals surface area contributed by atoms with Crippen LogP contribution in [0.25, 0.3) is 0 Å². The van der Waals surface area contributed by atoms with E-state index in [2.05, 4.69) is 17.6 Å². The fraction of sp³-hybridized carbons (Fsp3) is 0.938. The van der Waals surface area contributed by atoms with Crippen molar-refractivity contribution < 1.29 is 4.79 Å². The first-order valence-corrected chi connectivity index (χ1v) is 8.24. The standard InChI is InChI=1S/C16H30N2O/c1-13-8-9-15(11-17-13)12-18-16(19)10-14-6-4-2-3-5-7-14/h13-15,17H,2-12H2,1H3,(H,18,19). The molecule has 3 heteroatoms. The highest BCUT2D eigenvalue weighted by atomic mass is 16.1. The molecule has 0 aromatic rings. The van der Waals surface area contributed by atoms with E-state index in [9.17, 15) is 4.79 Å². The van der Waals surface area contributed by atoms with E-state index >= 15 is 0 Å².